The number of nitrogens with two attached hydrogens (primary N) is 1. The molecule has 1 aliphatic rings. The summed E-state index contributed by atoms with van der Waals surface area (Å²) < 4.78 is 0. The van der Waals surface area contributed by atoms with E-state index in [2.05, 4.69) is 51.2 Å². The van der Waals surface area contributed by atoms with E-state index < -0.39 is 0 Å². The third kappa shape index (κ3) is 2.45. The summed E-state index contributed by atoms with van der Waals surface area (Å²) in [4.78, 5) is 0. The van der Waals surface area contributed by atoms with Crippen LogP contribution >= 0.6 is 0 Å². The van der Waals surface area contributed by atoms with Crippen molar-refractivity contribution >= 4 is 0 Å². The lowest BCUT2D eigenvalue weighted by molar-refractivity contribution is 0.458. The van der Waals surface area contributed by atoms with Crippen LogP contribution < -0.4 is 11.1 Å². The molecule has 0 heterocycles. The van der Waals surface area contributed by atoms with Crippen LogP contribution in [0.25, 0.3) is 0 Å². The topological polar surface area (TPSA) is 38.0 Å². The highest BCUT2D eigenvalue weighted by molar-refractivity contribution is 5.39. The second kappa shape index (κ2) is 4.36. The summed E-state index contributed by atoms with van der Waals surface area (Å²) in [6.45, 7) is 8.94. The van der Waals surface area contributed by atoms with Crippen LogP contribution in [0.1, 0.15) is 56.3 Å². The number of aryl methyl sites for hydroxylation is 1. The number of hydrogen-bond acceptors (Lipinski definition) is 2. The van der Waals surface area contributed by atoms with Gasteiger partial charge in [0.1, 0.15) is 0 Å². The molecule has 0 aliphatic heterocycles. The van der Waals surface area contributed by atoms with Gasteiger partial charge >= 0.3 is 0 Å². The van der Waals surface area contributed by atoms with Gasteiger partial charge in [-0.2, -0.15) is 0 Å². The second-order valence-corrected chi connectivity index (χ2v) is 6.78. The summed E-state index contributed by atoms with van der Waals surface area (Å²) in [7, 11) is 2.01. The summed E-state index contributed by atoms with van der Waals surface area (Å²) in [5.41, 5.74) is 10.6. The minimum Gasteiger partial charge on any atom is -0.323 e. The molecule has 18 heavy (non-hydrogen) atoms. The quantitative estimate of drug-likeness (QED) is 0.860. The van der Waals surface area contributed by atoms with Gasteiger partial charge in [0.15, 0.2) is 0 Å². The van der Waals surface area contributed by atoms with Crippen LogP contribution in [-0.2, 0) is 5.41 Å². The maximum atomic E-state index is 6.40. The first-order valence-corrected chi connectivity index (χ1v) is 6.85. The van der Waals surface area contributed by atoms with Gasteiger partial charge in [-0.3, -0.25) is 0 Å². The van der Waals surface area contributed by atoms with Gasteiger partial charge in [-0.05, 0) is 48.9 Å². The lowest BCUT2D eigenvalue weighted by atomic mass is 9.83. The van der Waals surface area contributed by atoms with Crippen molar-refractivity contribution in [3.05, 3.63) is 34.9 Å². The molecule has 0 amide bonds. The zero-order chi connectivity index (χ0) is 13.6. The first-order valence-electron chi connectivity index (χ1n) is 6.85. The molecule has 1 aromatic rings. The minimum absolute atomic E-state index is 0.0317. The van der Waals surface area contributed by atoms with Crippen molar-refractivity contribution in [3.63, 3.8) is 0 Å². The van der Waals surface area contributed by atoms with Crippen LogP contribution in [-0.4, -0.2) is 12.6 Å². The highest BCUT2D eigenvalue weighted by atomic mass is 15.0. The molecule has 0 aromatic heterocycles. The Labute approximate surface area is 111 Å². The summed E-state index contributed by atoms with van der Waals surface area (Å²) in [5, 5.41) is 3.42. The third-order valence-corrected chi connectivity index (χ3v) is 4.15. The Balaban J connectivity index is 2.43. The fraction of sp³-hybridized carbons (Fsp3) is 0.625. The van der Waals surface area contributed by atoms with Crippen molar-refractivity contribution < 1.29 is 0 Å². The van der Waals surface area contributed by atoms with Gasteiger partial charge in [0, 0.05) is 5.54 Å². The summed E-state index contributed by atoms with van der Waals surface area (Å²) in [6, 6.07) is 7.08. The van der Waals surface area contributed by atoms with Gasteiger partial charge in [0.25, 0.3) is 0 Å². The Bertz CT molecular complexity index is 439. The van der Waals surface area contributed by atoms with Crippen LogP contribution in [0.5, 0.6) is 0 Å². The Morgan fingerprint density at radius 3 is 2.33 bits per heavy atom. The fourth-order valence-electron chi connectivity index (χ4n) is 2.60. The number of rotatable bonds is 3. The molecule has 2 nitrogen and oxygen atoms in total. The van der Waals surface area contributed by atoms with Crippen LogP contribution in [0.4, 0.5) is 0 Å². The van der Waals surface area contributed by atoms with E-state index in [1.807, 2.05) is 7.05 Å². The maximum absolute atomic E-state index is 6.40. The molecule has 1 saturated carbocycles. The molecule has 0 spiro atoms. The first kappa shape index (κ1) is 13.6. The van der Waals surface area contributed by atoms with Crippen LogP contribution in [0, 0.1) is 6.92 Å². The number of nitrogens with one attached hydrogen (secondary N) is 1. The van der Waals surface area contributed by atoms with Crippen molar-refractivity contribution in [2.24, 2.45) is 5.73 Å². The molecule has 0 radical (unpaired) electrons. The third-order valence-electron chi connectivity index (χ3n) is 4.15. The summed E-state index contributed by atoms with van der Waals surface area (Å²) >= 11 is 0. The number of benzene rings is 1. The monoisotopic (exact) mass is 246 g/mol. The lowest BCUT2D eigenvalue weighted by Crippen LogP contribution is -2.39. The maximum Gasteiger partial charge on any atom is 0.0503 e. The fourth-order valence-corrected chi connectivity index (χ4v) is 2.60. The molecule has 2 rings (SSSR count). The summed E-state index contributed by atoms with van der Waals surface area (Å²) in [5.74, 6) is 0. The van der Waals surface area contributed by atoms with Crippen LogP contribution in [0.3, 0.4) is 0 Å². The van der Waals surface area contributed by atoms with Crippen molar-refractivity contribution in [1.29, 1.82) is 0 Å². The molecular weight excluding hydrogens is 220 g/mol. The second-order valence-electron chi connectivity index (χ2n) is 6.78. The first-order chi connectivity index (χ1) is 8.28. The molecule has 100 valence electrons. The Hall–Kier alpha value is -0.860. The normalized spacial score (nSPS) is 19.7. The lowest BCUT2D eigenvalue weighted by Gasteiger charge is -2.28. The largest absolute Gasteiger partial charge is 0.323 e. The summed E-state index contributed by atoms with van der Waals surface area (Å²) in [6.07, 6.45) is 2.25. The molecule has 0 bridgehead atoms. The van der Waals surface area contributed by atoms with Gasteiger partial charge in [0.2, 0.25) is 0 Å². The Morgan fingerprint density at radius 1 is 1.28 bits per heavy atom. The number of likely N-dealkylation sites (N-methyl/N-ethyl adjacent to an activating group) is 1. The Morgan fingerprint density at radius 2 is 1.89 bits per heavy atom. The molecule has 1 aromatic carbocycles. The molecule has 0 saturated heterocycles. The Kier molecular flexibility index (Phi) is 3.28. The van der Waals surface area contributed by atoms with E-state index in [-0.39, 0.29) is 17.0 Å². The molecule has 3 N–H and O–H groups in total. The van der Waals surface area contributed by atoms with E-state index in [0.717, 1.165) is 12.8 Å². The average molecular weight is 246 g/mol. The predicted octanol–water partition coefficient (Wildman–Crippen LogP) is 3.04. The van der Waals surface area contributed by atoms with E-state index in [0.29, 0.717) is 0 Å². The molecule has 1 fully saturated rings. The van der Waals surface area contributed by atoms with Crippen molar-refractivity contribution in [2.45, 2.75) is 57.5 Å². The van der Waals surface area contributed by atoms with E-state index in [1.54, 1.807) is 0 Å². The number of hydrogen-bond donors (Lipinski definition) is 2. The smallest absolute Gasteiger partial charge is 0.0503 e. The average Bonchev–Trinajstić information content (AvgIpc) is 2.99. The molecule has 2 heteroatoms. The minimum atomic E-state index is -0.0317. The van der Waals surface area contributed by atoms with Crippen LogP contribution in [0.2, 0.25) is 0 Å². The van der Waals surface area contributed by atoms with Crippen molar-refractivity contribution in [2.75, 3.05) is 7.05 Å². The predicted molar refractivity (Wildman–Crippen MR) is 77.8 cm³/mol. The van der Waals surface area contributed by atoms with E-state index in [1.165, 1.54) is 16.7 Å². The standard InChI is InChI=1S/C16H26N2/c1-11-6-7-12(15(2,3)4)10-13(11)14(18-5)16(17)8-9-16/h6-7,10,14,18H,8-9,17H2,1-5H3. The molecule has 1 atom stereocenters. The van der Waals surface area contributed by atoms with Gasteiger partial charge < -0.3 is 11.1 Å². The van der Waals surface area contributed by atoms with Gasteiger partial charge in [-0.15, -0.1) is 0 Å². The highest BCUT2D eigenvalue weighted by Crippen LogP contribution is 2.44. The van der Waals surface area contributed by atoms with E-state index in [9.17, 15) is 0 Å². The SMILES string of the molecule is CNC(c1cc(C(C)(C)C)ccc1C)C1(N)CC1. The molecular formula is C16H26N2. The van der Waals surface area contributed by atoms with E-state index >= 15 is 0 Å². The zero-order valence-electron chi connectivity index (χ0n) is 12.3. The van der Waals surface area contributed by atoms with Gasteiger partial charge in [-0.25, -0.2) is 0 Å². The van der Waals surface area contributed by atoms with Crippen molar-refractivity contribution in [3.8, 4) is 0 Å². The molecule has 1 unspecified atom stereocenters. The zero-order valence-corrected chi connectivity index (χ0v) is 12.3. The van der Waals surface area contributed by atoms with Gasteiger partial charge in [-0.1, -0.05) is 39.0 Å². The van der Waals surface area contributed by atoms with Gasteiger partial charge in [0.05, 0.1) is 6.04 Å². The van der Waals surface area contributed by atoms with Crippen LogP contribution in [0.15, 0.2) is 18.2 Å². The van der Waals surface area contributed by atoms with E-state index in [4.69, 9.17) is 5.73 Å². The highest BCUT2D eigenvalue weighted by Gasteiger charge is 2.46. The molecule has 1 aliphatic carbocycles. The van der Waals surface area contributed by atoms with Crippen molar-refractivity contribution in [1.82, 2.24) is 5.32 Å².